The monoisotopic (exact) mass is 277 g/mol. The molecule has 0 aliphatic rings. The maximum absolute atomic E-state index is 7.54. The third-order valence-corrected chi connectivity index (χ3v) is 3.51. The van der Waals surface area contributed by atoms with E-state index in [9.17, 15) is 0 Å². The predicted molar refractivity (Wildman–Crippen MR) is 87.1 cm³/mol. The molecule has 1 aromatic carbocycles. The Balaban J connectivity index is 2.00. The summed E-state index contributed by atoms with van der Waals surface area (Å²) in [6.45, 7) is 1.63. The van der Waals surface area contributed by atoms with Gasteiger partial charge in [0, 0.05) is 33.3 Å². The second-order valence-electron chi connectivity index (χ2n) is 5.15. The Labute approximate surface area is 129 Å². The summed E-state index contributed by atoms with van der Waals surface area (Å²) >= 11 is 0. The van der Waals surface area contributed by atoms with Gasteiger partial charge in [-0.15, -0.1) is 0 Å². The number of aromatic nitrogens is 2. The third-order valence-electron chi connectivity index (χ3n) is 3.51. The molecule has 104 valence electrons. The molecule has 0 amide bonds. The highest BCUT2D eigenvalue weighted by atomic mass is 14.7. The van der Waals surface area contributed by atoms with Gasteiger partial charge in [-0.25, -0.2) is 0 Å². The molecule has 2 aromatic heterocycles. The lowest BCUT2D eigenvalue weighted by atomic mass is 10.0. The normalized spacial score (nSPS) is 13.3. The Morgan fingerprint density at radius 3 is 2.38 bits per heavy atom. The van der Waals surface area contributed by atoms with Crippen LogP contribution in [0.4, 0.5) is 0 Å². The first-order valence-electron chi connectivity index (χ1n) is 8.35. The molecule has 0 bridgehead atoms. The maximum atomic E-state index is 7.54. The Bertz CT molecular complexity index is 869. The predicted octanol–water partition coefficient (Wildman–Crippen LogP) is 4.74. The molecular weight excluding hydrogens is 256 g/mol. The van der Waals surface area contributed by atoms with Crippen LogP contribution >= 0.6 is 0 Å². The molecule has 0 saturated carbocycles. The van der Waals surface area contributed by atoms with E-state index in [1.165, 1.54) is 6.20 Å². The van der Waals surface area contributed by atoms with E-state index in [1.54, 1.807) is 6.92 Å². The van der Waals surface area contributed by atoms with Crippen molar-refractivity contribution in [3.63, 3.8) is 0 Å². The quantitative estimate of drug-likeness (QED) is 0.676. The van der Waals surface area contributed by atoms with E-state index >= 15 is 0 Å². The van der Waals surface area contributed by atoms with Crippen molar-refractivity contribution in [3.8, 4) is 22.4 Å². The van der Waals surface area contributed by atoms with Gasteiger partial charge in [-0.3, -0.25) is 9.97 Å². The molecule has 0 saturated heterocycles. The molecule has 0 spiro atoms. The Kier molecular flexibility index (Phi) is 2.68. The van der Waals surface area contributed by atoms with Gasteiger partial charge in [-0.2, -0.15) is 0 Å². The number of aryl methyl sites for hydroxylation is 3. The lowest BCUT2D eigenvalue weighted by Gasteiger charge is -2.07. The molecule has 0 atom stereocenters. The minimum atomic E-state index is -2.13. The van der Waals surface area contributed by atoms with Gasteiger partial charge in [0.1, 0.15) is 0 Å². The summed E-state index contributed by atoms with van der Waals surface area (Å²) in [4.78, 5) is 8.68. The van der Waals surface area contributed by atoms with Crippen LogP contribution in [0.15, 0.2) is 54.9 Å². The molecule has 0 unspecified atom stereocenters. The zero-order valence-corrected chi connectivity index (χ0v) is 12.1. The van der Waals surface area contributed by atoms with Crippen molar-refractivity contribution in [2.24, 2.45) is 0 Å². The second-order valence-corrected chi connectivity index (χ2v) is 5.15. The minimum Gasteiger partial charge on any atom is -0.261 e. The fourth-order valence-corrected chi connectivity index (χ4v) is 2.21. The smallest absolute Gasteiger partial charge is 0.0705 e. The van der Waals surface area contributed by atoms with Gasteiger partial charge in [0.15, 0.2) is 0 Å². The molecule has 21 heavy (non-hydrogen) atoms. The van der Waals surface area contributed by atoms with E-state index in [-0.39, 0.29) is 0 Å². The van der Waals surface area contributed by atoms with Crippen molar-refractivity contribution in [3.05, 3.63) is 71.7 Å². The average molecular weight is 277 g/mol. The first kappa shape index (κ1) is 10.3. The fraction of sp³-hybridized carbons (Fsp3) is 0.158. The van der Waals surface area contributed by atoms with Crippen LogP contribution in [-0.2, 0) is 0 Å². The van der Waals surface area contributed by atoms with Crippen LogP contribution in [0.5, 0.6) is 0 Å². The highest BCUT2D eigenvalue weighted by molar-refractivity contribution is 5.71. The first-order valence-corrected chi connectivity index (χ1v) is 6.85. The number of hydrogen-bond donors (Lipinski definition) is 0. The van der Waals surface area contributed by atoms with Crippen LogP contribution in [0.2, 0.25) is 0 Å². The summed E-state index contributed by atoms with van der Waals surface area (Å²) in [5.74, 6) is 0. The van der Waals surface area contributed by atoms with Crippen LogP contribution in [0.25, 0.3) is 22.4 Å². The number of pyridine rings is 2. The molecular formula is C19H18N2. The lowest BCUT2D eigenvalue weighted by Crippen LogP contribution is -1.89. The van der Waals surface area contributed by atoms with Gasteiger partial charge in [0.2, 0.25) is 0 Å². The Hall–Kier alpha value is -2.48. The number of benzene rings is 1. The van der Waals surface area contributed by atoms with E-state index in [1.807, 2.05) is 55.6 Å². The van der Waals surface area contributed by atoms with Crippen molar-refractivity contribution < 1.29 is 4.11 Å². The van der Waals surface area contributed by atoms with E-state index in [4.69, 9.17) is 4.11 Å². The van der Waals surface area contributed by atoms with Gasteiger partial charge in [0.25, 0.3) is 0 Å². The largest absolute Gasteiger partial charge is 0.261 e. The highest BCUT2D eigenvalue weighted by Crippen LogP contribution is 2.25. The van der Waals surface area contributed by atoms with Gasteiger partial charge in [-0.1, -0.05) is 24.3 Å². The molecule has 0 aliphatic carbocycles. The zero-order valence-electron chi connectivity index (χ0n) is 15.1. The number of rotatable bonds is 2. The summed E-state index contributed by atoms with van der Waals surface area (Å²) in [7, 11) is 0. The van der Waals surface area contributed by atoms with Crippen molar-refractivity contribution >= 4 is 0 Å². The molecule has 3 aromatic rings. The number of nitrogens with zero attached hydrogens (tertiary/aromatic N) is 2. The van der Waals surface area contributed by atoms with Crippen LogP contribution in [0, 0.1) is 20.7 Å². The van der Waals surface area contributed by atoms with E-state index in [0.29, 0.717) is 5.56 Å². The van der Waals surface area contributed by atoms with E-state index in [0.717, 1.165) is 33.6 Å². The van der Waals surface area contributed by atoms with Gasteiger partial charge in [-0.05, 0) is 55.6 Å². The summed E-state index contributed by atoms with van der Waals surface area (Å²) in [5, 5.41) is 0. The lowest BCUT2D eigenvalue weighted by molar-refractivity contribution is 1.20. The standard InChI is InChI=1S/C19H18N2/c1-13-9-19(21-11-14(13)2)17-6-4-5-16(10-17)18-8-7-15(3)20-12-18/h4-12H,1-3H3/i2D3. The first-order chi connectivity index (χ1) is 11.3. The second kappa shape index (κ2) is 5.49. The number of hydrogen-bond acceptors (Lipinski definition) is 2. The van der Waals surface area contributed by atoms with Crippen LogP contribution in [0.1, 0.15) is 20.9 Å². The van der Waals surface area contributed by atoms with Gasteiger partial charge in [0.05, 0.1) is 5.69 Å². The molecule has 2 nitrogen and oxygen atoms in total. The molecule has 0 aliphatic heterocycles. The summed E-state index contributed by atoms with van der Waals surface area (Å²) in [5.41, 5.74) is 5.81. The minimum absolute atomic E-state index is 0.296. The Morgan fingerprint density at radius 1 is 0.810 bits per heavy atom. The molecule has 3 rings (SSSR count). The van der Waals surface area contributed by atoms with Crippen LogP contribution in [0.3, 0.4) is 0 Å². The van der Waals surface area contributed by atoms with Gasteiger partial charge >= 0.3 is 0 Å². The van der Waals surface area contributed by atoms with E-state index in [2.05, 4.69) is 9.97 Å². The van der Waals surface area contributed by atoms with Crippen molar-refractivity contribution in [2.75, 3.05) is 0 Å². The van der Waals surface area contributed by atoms with Crippen LogP contribution < -0.4 is 0 Å². The topological polar surface area (TPSA) is 25.8 Å². The van der Waals surface area contributed by atoms with Crippen molar-refractivity contribution in [1.82, 2.24) is 9.97 Å². The molecule has 0 fully saturated rings. The maximum Gasteiger partial charge on any atom is 0.0705 e. The Morgan fingerprint density at radius 2 is 1.67 bits per heavy atom. The SMILES string of the molecule is [2H]C([2H])([2H])c1cnc(-c2cccc(-c3ccc(C)nc3)c2)cc1C. The van der Waals surface area contributed by atoms with Gasteiger partial charge < -0.3 is 0 Å². The third kappa shape index (κ3) is 2.84. The molecule has 2 heterocycles. The van der Waals surface area contributed by atoms with Crippen molar-refractivity contribution in [1.29, 1.82) is 0 Å². The van der Waals surface area contributed by atoms with Crippen LogP contribution in [-0.4, -0.2) is 9.97 Å². The highest BCUT2D eigenvalue weighted by Gasteiger charge is 2.04. The van der Waals surface area contributed by atoms with E-state index < -0.39 is 6.85 Å². The molecule has 0 radical (unpaired) electrons. The fourth-order valence-electron chi connectivity index (χ4n) is 2.21. The summed E-state index contributed by atoms with van der Waals surface area (Å²) in [6.07, 6.45) is 3.31. The summed E-state index contributed by atoms with van der Waals surface area (Å²) in [6, 6.07) is 13.9. The molecule has 0 N–H and O–H groups in total. The van der Waals surface area contributed by atoms with Crippen molar-refractivity contribution in [2.45, 2.75) is 20.7 Å². The molecule has 2 heteroatoms. The average Bonchev–Trinajstić information content (AvgIpc) is 2.54. The summed E-state index contributed by atoms with van der Waals surface area (Å²) < 4.78 is 22.6. The zero-order chi connectivity index (χ0) is 17.3.